The molecule has 0 aromatic heterocycles. The van der Waals surface area contributed by atoms with Crippen LogP contribution in [0.4, 0.5) is 0 Å². The van der Waals surface area contributed by atoms with Crippen molar-refractivity contribution in [3.63, 3.8) is 0 Å². The molecular formula is H9CaK3O8S2. The molecule has 0 bridgehead atoms. The molecule has 0 heterocycles. The quantitative estimate of drug-likeness (QED) is 0.246. The minimum absolute atomic E-state index is 0. The zero-order valence-electron chi connectivity index (χ0n) is 12.9. The molecule has 0 spiro atoms. The normalized spacial score (nSPS) is 8.29. The Kier molecular flexibility index (Phi) is 49.7. The van der Waals surface area contributed by atoms with E-state index in [0.717, 1.165) is 0 Å². The van der Waals surface area contributed by atoms with Crippen LogP contribution in [0.25, 0.3) is 0 Å². The van der Waals surface area contributed by atoms with Crippen molar-refractivity contribution in [2.75, 3.05) is 0 Å². The smallest absolute Gasteiger partial charge is 1.00 e. The van der Waals surface area contributed by atoms with Crippen molar-refractivity contribution in [3.05, 3.63) is 0 Å². The fraction of sp³-hybridized carbons (Fsp3) is 0. The Morgan fingerprint density at radius 3 is 0.643 bits per heavy atom. The molecule has 0 radical (unpaired) electrons. The number of hydrogen-bond donors (Lipinski definition) is 4. The molecule has 0 atom stereocenters. The van der Waals surface area contributed by atoms with E-state index in [0.29, 0.717) is 0 Å². The van der Waals surface area contributed by atoms with Gasteiger partial charge in [0.1, 0.15) is 0 Å². The summed E-state index contributed by atoms with van der Waals surface area (Å²) in [4.78, 5) is 0. The van der Waals surface area contributed by atoms with Crippen molar-refractivity contribution in [3.8, 4) is 0 Å². The summed E-state index contributed by atoms with van der Waals surface area (Å²) in [5.74, 6) is 0. The predicted molar refractivity (Wildman–Crippen MR) is 39.7 cm³/mol. The zero-order chi connectivity index (χ0) is 9.00. The Balaban J connectivity index is -0.00000000508. The fourth-order valence-electron chi connectivity index (χ4n) is 0. The third-order valence-corrected chi connectivity index (χ3v) is 0. The van der Waals surface area contributed by atoms with Crippen LogP contribution in [0, 0.1) is 0 Å². The van der Waals surface area contributed by atoms with Gasteiger partial charge in [-0.3, -0.25) is 18.2 Å². The van der Waals surface area contributed by atoms with Gasteiger partial charge in [0, 0.05) is 0 Å². The summed E-state index contributed by atoms with van der Waals surface area (Å²) in [6, 6.07) is 0. The van der Waals surface area contributed by atoms with E-state index in [2.05, 4.69) is 0 Å². The van der Waals surface area contributed by atoms with Gasteiger partial charge >= 0.3 is 213 Å². The Bertz CT molecular complexity index is 235. The summed E-state index contributed by atoms with van der Waals surface area (Å²) in [7, 11) is -9.33. The van der Waals surface area contributed by atoms with E-state index in [9.17, 15) is 0 Å². The summed E-state index contributed by atoms with van der Waals surface area (Å²) < 4.78 is 63.2. The summed E-state index contributed by atoms with van der Waals surface area (Å²) in [5.41, 5.74) is 0. The first-order valence-corrected chi connectivity index (χ1v) is 4.19. The van der Waals surface area contributed by atoms with E-state index in [4.69, 9.17) is 35.0 Å². The van der Waals surface area contributed by atoms with E-state index in [1.165, 1.54) is 0 Å². The molecule has 0 aliphatic rings. The van der Waals surface area contributed by atoms with Gasteiger partial charge in [-0.2, -0.15) is 16.8 Å². The summed E-state index contributed by atoms with van der Waals surface area (Å²) >= 11 is 0. The van der Waals surface area contributed by atoms with E-state index in [1.807, 2.05) is 0 Å². The maximum absolute atomic E-state index is 8.74. The summed E-state index contributed by atoms with van der Waals surface area (Å²) in [6.07, 6.45) is 0. The Hall–Kier alpha value is 5.91. The van der Waals surface area contributed by atoms with Gasteiger partial charge in [0.15, 0.2) is 0 Å². The average Bonchev–Trinajstić information content (AvgIpc) is 1.12. The van der Waals surface area contributed by atoms with E-state index < -0.39 is 20.8 Å². The van der Waals surface area contributed by atoms with Crippen LogP contribution in [0.5, 0.6) is 0 Å². The first-order chi connectivity index (χ1) is 4.00. The van der Waals surface area contributed by atoms with Gasteiger partial charge in [-0.25, -0.2) is 0 Å². The molecule has 4 N–H and O–H groups in total. The SMILES string of the molecule is O=S(=O)(O)O.O=S(=O)(O)O.[Ca+2].[H-].[H-].[H-].[H-].[H-].[K+].[K+].[K+]. The van der Waals surface area contributed by atoms with Gasteiger partial charge in [0.25, 0.3) is 0 Å². The van der Waals surface area contributed by atoms with Gasteiger partial charge in [-0.15, -0.1) is 0 Å². The van der Waals surface area contributed by atoms with Crippen LogP contribution in [0.2, 0.25) is 0 Å². The van der Waals surface area contributed by atoms with Gasteiger partial charge in [0.05, 0.1) is 0 Å². The van der Waals surface area contributed by atoms with Gasteiger partial charge in [-0.1, -0.05) is 0 Å². The van der Waals surface area contributed by atoms with E-state index in [1.54, 1.807) is 0 Å². The molecule has 8 nitrogen and oxygen atoms in total. The molecule has 0 aliphatic carbocycles. The van der Waals surface area contributed by atoms with Gasteiger partial charge < -0.3 is 7.13 Å². The van der Waals surface area contributed by atoms with Gasteiger partial charge in [-0.05, 0) is 0 Å². The van der Waals surface area contributed by atoms with Gasteiger partial charge in [0.2, 0.25) is 0 Å². The third-order valence-electron chi connectivity index (χ3n) is 0. The van der Waals surface area contributed by atoms with Crippen molar-refractivity contribution >= 4 is 58.5 Å². The van der Waals surface area contributed by atoms with Crippen molar-refractivity contribution in [1.29, 1.82) is 0 Å². The molecule has 0 rings (SSSR count). The minimum atomic E-state index is -4.67. The molecule has 0 aromatic carbocycles. The third kappa shape index (κ3) is 147. The first-order valence-electron chi connectivity index (χ1n) is 1.40. The maximum atomic E-state index is 8.74. The van der Waals surface area contributed by atoms with Crippen LogP contribution in [-0.4, -0.2) is 72.8 Å². The van der Waals surface area contributed by atoms with Crippen molar-refractivity contribution < 1.29 is 196 Å². The molecule has 0 saturated carbocycles. The summed E-state index contributed by atoms with van der Waals surface area (Å²) in [6.45, 7) is 0. The zero-order valence-corrected chi connectivity index (χ0v) is 21.2. The van der Waals surface area contributed by atoms with Crippen LogP contribution in [0.1, 0.15) is 7.13 Å². The molecule has 0 amide bonds. The molecule has 74 valence electrons. The first kappa shape index (κ1) is 36.8. The Morgan fingerprint density at radius 2 is 0.643 bits per heavy atom. The second-order valence-electron chi connectivity index (χ2n) is 0.896. The van der Waals surface area contributed by atoms with Crippen LogP contribution < -0.4 is 154 Å². The van der Waals surface area contributed by atoms with Crippen molar-refractivity contribution in [2.24, 2.45) is 0 Å². The van der Waals surface area contributed by atoms with E-state index in [-0.39, 0.29) is 199 Å². The second kappa shape index (κ2) is 18.9. The van der Waals surface area contributed by atoms with Crippen LogP contribution in [-0.2, 0) is 20.8 Å². The molecule has 0 aliphatic heterocycles. The standard InChI is InChI=1S/Ca.3K.2H2O4S.5H/c;;;;2*1-5(2,3)4;;;;;/h;;;;2*(H2,1,2,3,4);;;;;/q+2;3*+1;;;5*-1. The van der Waals surface area contributed by atoms with E-state index >= 15 is 0 Å². The monoisotopic (exact) mass is 358 g/mol. The minimum Gasteiger partial charge on any atom is -1.00 e. The molecular weight excluding hydrogens is 349 g/mol. The molecule has 14 heteroatoms. The van der Waals surface area contributed by atoms with Crippen LogP contribution in [0.15, 0.2) is 0 Å². The van der Waals surface area contributed by atoms with Crippen molar-refractivity contribution in [2.45, 2.75) is 0 Å². The van der Waals surface area contributed by atoms with Crippen LogP contribution >= 0.6 is 0 Å². The number of rotatable bonds is 0. The molecule has 0 saturated heterocycles. The van der Waals surface area contributed by atoms with Crippen LogP contribution in [0.3, 0.4) is 0 Å². The molecule has 14 heavy (non-hydrogen) atoms. The average molecular weight is 359 g/mol. The Labute approximate surface area is 247 Å². The second-order valence-corrected chi connectivity index (χ2v) is 2.69. The predicted octanol–water partition coefficient (Wildman–Crippen LogP) is -10.1. The fourth-order valence-corrected chi connectivity index (χ4v) is 0. The molecule has 0 fully saturated rings. The largest absolute Gasteiger partial charge is 2.00 e. The summed E-state index contributed by atoms with van der Waals surface area (Å²) in [5, 5.41) is 0. The molecule has 0 aromatic rings. The Morgan fingerprint density at radius 1 is 0.643 bits per heavy atom. The maximum Gasteiger partial charge on any atom is 2.00 e. The molecule has 0 unspecified atom stereocenters. The number of hydrogen-bond acceptors (Lipinski definition) is 4. The van der Waals surface area contributed by atoms with Crippen molar-refractivity contribution in [1.82, 2.24) is 0 Å². The topological polar surface area (TPSA) is 149 Å².